The van der Waals surface area contributed by atoms with Crippen molar-refractivity contribution < 1.29 is 13.9 Å². The van der Waals surface area contributed by atoms with Crippen molar-refractivity contribution in [2.45, 2.75) is 13.3 Å². The second-order valence-electron chi connectivity index (χ2n) is 4.44. The van der Waals surface area contributed by atoms with Crippen molar-refractivity contribution in [1.29, 1.82) is 0 Å². The molecule has 4 nitrogen and oxygen atoms in total. The highest BCUT2D eigenvalue weighted by atomic mass is 35.5. The molecular formula is C15H14ClFN2O2. The van der Waals surface area contributed by atoms with Crippen molar-refractivity contribution >= 4 is 23.3 Å². The Balaban J connectivity index is 1.81. The summed E-state index contributed by atoms with van der Waals surface area (Å²) in [5, 5.41) is 2.85. The lowest BCUT2D eigenvalue weighted by Gasteiger charge is -2.08. The maximum Gasteiger partial charge on any atom is 0.228 e. The maximum atomic E-state index is 12.9. The van der Waals surface area contributed by atoms with Crippen molar-refractivity contribution in [3.05, 3.63) is 52.9 Å². The number of halogens is 2. The number of aromatic nitrogens is 1. The van der Waals surface area contributed by atoms with Crippen molar-refractivity contribution in [3.63, 3.8) is 0 Å². The number of nitrogens with one attached hydrogen (secondary N) is 1. The fraction of sp³-hybridized carbons (Fsp3) is 0.200. The molecule has 2 aromatic rings. The second kappa shape index (κ2) is 7.04. The smallest absolute Gasteiger partial charge is 0.228 e. The van der Waals surface area contributed by atoms with Gasteiger partial charge in [-0.15, -0.1) is 0 Å². The summed E-state index contributed by atoms with van der Waals surface area (Å²) in [4.78, 5) is 15.8. The predicted molar refractivity (Wildman–Crippen MR) is 79.1 cm³/mol. The minimum atomic E-state index is -0.435. The molecule has 0 bridgehead atoms. The van der Waals surface area contributed by atoms with Gasteiger partial charge < -0.3 is 10.1 Å². The van der Waals surface area contributed by atoms with Gasteiger partial charge in [-0.25, -0.2) is 9.37 Å². The lowest BCUT2D eigenvalue weighted by atomic mass is 10.3. The maximum absolute atomic E-state index is 12.9. The van der Waals surface area contributed by atoms with E-state index in [0.29, 0.717) is 11.6 Å². The van der Waals surface area contributed by atoms with Crippen LogP contribution in [0.2, 0.25) is 5.02 Å². The number of carbonyl (C=O) groups excluding carboxylic acids is 1. The van der Waals surface area contributed by atoms with E-state index < -0.39 is 5.82 Å². The first kappa shape index (κ1) is 15.3. The lowest BCUT2D eigenvalue weighted by molar-refractivity contribution is -0.116. The third kappa shape index (κ3) is 4.72. The van der Waals surface area contributed by atoms with Crippen LogP contribution in [0.15, 0.2) is 36.5 Å². The van der Waals surface area contributed by atoms with Crippen LogP contribution in [0.1, 0.15) is 12.0 Å². The van der Waals surface area contributed by atoms with Gasteiger partial charge in [0.05, 0.1) is 18.1 Å². The highest BCUT2D eigenvalue weighted by Gasteiger charge is 2.06. The van der Waals surface area contributed by atoms with E-state index in [1.807, 2.05) is 13.0 Å². The van der Waals surface area contributed by atoms with Crippen LogP contribution in [-0.4, -0.2) is 17.5 Å². The number of hydrogen-bond acceptors (Lipinski definition) is 3. The summed E-state index contributed by atoms with van der Waals surface area (Å²) in [6.45, 7) is 2.06. The Bertz CT molecular complexity index is 649. The molecule has 1 aromatic carbocycles. The number of ether oxygens (including phenoxy) is 1. The minimum Gasteiger partial charge on any atom is -0.491 e. The van der Waals surface area contributed by atoms with E-state index in [9.17, 15) is 9.18 Å². The van der Waals surface area contributed by atoms with Gasteiger partial charge in [0, 0.05) is 6.20 Å². The number of aryl methyl sites for hydroxylation is 1. The fourth-order valence-corrected chi connectivity index (χ4v) is 1.88. The van der Waals surface area contributed by atoms with Crippen LogP contribution < -0.4 is 10.1 Å². The molecule has 0 saturated heterocycles. The van der Waals surface area contributed by atoms with Gasteiger partial charge in [-0.1, -0.05) is 11.6 Å². The van der Waals surface area contributed by atoms with Crippen LogP contribution in [0, 0.1) is 12.7 Å². The molecular weight excluding hydrogens is 295 g/mol. The topological polar surface area (TPSA) is 51.2 Å². The van der Waals surface area contributed by atoms with Crippen LogP contribution in [-0.2, 0) is 4.79 Å². The third-order valence-corrected chi connectivity index (χ3v) is 2.96. The Morgan fingerprint density at radius 1 is 1.38 bits per heavy atom. The number of hydrogen-bond donors (Lipinski definition) is 1. The number of rotatable bonds is 5. The number of amides is 1. The molecule has 110 valence electrons. The molecule has 6 heteroatoms. The van der Waals surface area contributed by atoms with Crippen molar-refractivity contribution in [2.75, 3.05) is 11.9 Å². The minimum absolute atomic E-state index is 0.142. The number of pyridine rings is 1. The van der Waals surface area contributed by atoms with Crippen LogP contribution in [0.25, 0.3) is 0 Å². The van der Waals surface area contributed by atoms with Gasteiger partial charge in [0.2, 0.25) is 5.91 Å². The summed E-state index contributed by atoms with van der Waals surface area (Å²) in [5.74, 6) is 0.196. The molecule has 0 radical (unpaired) electrons. The molecule has 21 heavy (non-hydrogen) atoms. The molecule has 0 atom stereocenters. The van der Waals surface area contributed by atoms with Crippen LogP contribution >= 0.6 is 11.6 Å². The van der Waals surface area contributed by atoms with E-state index in [1.165, 1.54) is 12.1 Å². The molecule has 1 heterocycles. The average molecular weight is 309 g/mol. The van der Waals surface area contributed by atoms with Gasteiger partial charge in [0.25, 0.3) is 0 Å². The SMILES string of the molecule is Cc1ccnc(NC(=O)CCOc2ccc(F)cc2Cl)c1. The Hall–Kier alpha value is -2.14. The van der Waals surface area contributed by atoms with E-state index >= 15 is 0 Å². The highest BCUT2D eigenvalue weighted by molar-refractivity contribution is 6.32. The normalized spacial score (nSPS) is 10.2. The zero-order valence-electron chi connectivity index (χ0n) is 11.4. The molecule has 0 aliphatic rings. The summed E-state index contributed by atoms with van der Waals surface area (Å²) < 4.78 is 18.2. The zero-order chi connectivity index (χ0) is 15.2. The standard InChI is InChI=1S/C15H14ClFN2O2/c1-10-4-6-18-14(8-10)19-15(20)5-7-21-13-3-2-11(17)9-12(13)16/h2-4,6,8-9H,5,7H2,1H3,(H,18,19,20). The molecule has 2 rings (SSSR count). The largest absolute Gasteiger partial charge is 0.491 e. The van der Waals surface area contributed by atoms with Crippen LogP contribution in [0.3, 0.4) is 0 Å². The Kier molecular flexibility index (Phi) is 5.11. The summed E-state index contributed by atoms with van der Waals surface area (Å²) in [5.41, 5.74) is 1.01. The summed E-state index contributed by atoms with van der Waals surface area (Å²) in [6, 6.07) is 7.45. The lowest BCUT2D eigenvalue weighted by Crippen LogP contribution is -2.16. The van der Waals surface area contributed by atoms with Crippen molar-refractivity contribution in [3.8, 4) is 5.75 Å². The molecule has 0 aliphatic carbocycles. The van der Waals surface area contributed by atoms with E-state index in [2.05, 4.69) is 10.3 Å². The molecule has 0 fully saturated rings. The molecule has 0 unspecified atom stereocenters. The number of nitrogens with zero attached hydrogens (tertiary/aromatic N) is 1. The Morgan fingerprint density at radius 3 is 2.90 bits per heavy atom. The molecule has 1 N–H and O–H groups in total. The number of carbonyl (C=O) groups is 1. The molecule has 0 saturated carbocycles. The molecule has 0 spiro atoms. The van der Waals surface area contributed by atoms with Gasteiger partial charge in [0.15, 0.2) is 0 Å². The summed E-state index contributed by atoms with van der Waals surface area (Å²) >= 11 is 5.82. The van der Waals surface area contributed by atoms with E-state index in [-0.39, 0.29) is 24.0 Å². The predicted octanol–water partition coefficient (Wildman–Crippen LogP) is 3.59. The Labute approximate surface area is 126 Å². The van der Waals surface area contributed by atoms with Crippen LogP contribution in [0.5, 0.6) is 5.75 Å². The van der Waals surface area contributed by atoms with Gasteiger partial charge in [-0.3, -0.25) is 4.79 Å². The molecule has 0 aliphatic heterocycles. The average Bonchev–Trinajstić information content (AvgIpc) is 2.41. The highest BCUT2D eigenvalue weighted by Crippen LogP contribution is 2.24. The fourth-order valence-electron chi connectivity index (χ4n) is 1.66. The summed E-state index contributed by atoms with van der Waals surface area (Å²) in [7, 11) is 0. The van der Waals surface area contributed by atoms with E-state index in [4.69, 9.17) is 16.3 Å². The van der Waals surface area contributed by atoms with Gasteiger partial charge in [-0.05, 0) is 42.8 Å². The van der Waals surface area contributed by atoms with Gasteiger partial charge >= 0.3 is 0 Å². The molecule has 1 amide bonds. The van der Waals surface area contributed by atoms with Gasteiger partial charge in [-0.2, -0.15) is 0 Å². The number of benzene rings is 1. The van der Waals surface area contributed by atoms with E-state index in [1.54, 1.807) is 12.3 Å². The van der Waals surface area contributed by atoms with Crippen molar-refractivity contribution in [2.24, 2.45) is 0 Å². The zero-order valence-corrected chi connectivity index (χ0v) is 12.2. The van der Waals surface area contributed by atoms with Gasteiger partial charge in [0.1, 0.15) is 17.4 Å². The third-order valence-electron chi connectivity index (χ3n) is 2.66. The first-order valence-corrected chi connectivity index (χ1v) is 6.73. The quantitative estimate of drug-likeness (QED) is 0.918. The Morgan fingerprint density at radius 2 is 2.19 bits per heavy atom. The van der Waals surface area contributed by atoms with E-state index in [0.717, 1.165) is 11.6 Å². The second-order valence-corrected chi connectivity index (χ2v) is 4.85. The monoisotopic (exact) mass is 308 g/mol. The van der Waals surface area contributed by atoms with Crippen molar-refractivity contribution in [1.82, 2.24) is 4.98 Å². The number of anilines is 1. The first-order valence-electron chi connectivity index (χ1n) is 6.35. The first-order chi connectivity index (χ1) is 10.0. The summed E-state index contributed by atoms with van der Waals surface area (Å²) in [6.07, 6.45) is 1.77. The van der Waals surface area contributed by atoms with Crippen LogP contribution in [0.4, 0.5) is 10.2 Å². The molecule has 1 aromatic heterocycles.